The molecule has 1 aromatic rings. The summed E-state index contributed by atoms with van der Waals surface area (Å²) in [6, 6.07) is 8.25. The number of halogens is 1. The number of alkyl halides is 1. The topological polar surface area (TPSA) is 46.2 Å². The molecule has 4 heteroatoms. The fraction of sp³-hybridized carbons (Fsp3) is 0.0909. The molecule has 0 saturated carbocycles. The van der Waals surface area contributed by atoms with Gasteiger partial charge in [-0.3, -0.25) is 14.9 Å². The van der Waals surface area contributed by atoms with Crippen molar-refractivity contribution in [2.45, 2.75) is 6.17 Å². The van der Waals surface area contributed by atoms with Crippen molar-refractivity contribution in [2.24, 2.45) is 0 Å². The molecule has 1 aliphatic rings. The van der Waals surface area contributed by atoms with E-state index < -0.39 is 18.0 Å². The number of rotatable bonds is 2. The number of benzene rings is 1. The molecule has 1 atom stereocenters. The highest BCUT2D eigenvalue weighted by Gasteiger charge is 2.28. The molecule has 1 aromatic carbocycles. The molecule has 15 heavy (non-hydrogen) atoms. The van der Waals surface area contributed by atoms with Crippen LogP contribution < -0.4 is 5.32 Å². The average molecular weight is 205 g/mol. The number of carbonyl (C=O) groups excluding carboxylic acids is 2. The molecule has 1 N–H and O–H groups in total. The van der Waals surface area contributed by atoms with E-state index in [9.17, 15) is 14.0 Å². The lowest BCUT2D eigenvalue weighted by Gasteiger charge is -2.07. The van der Waals surface area contributed by atoms with Gasteiger partial charge in [-0.15, -0.1) is 0 Å². The number of hydrogen-bond acceptors (Lipinski definition) is 2. The molecule has 0 aromatic heterocycles. The molecule has 76 valence electrons. The molecule has 0 aliphatic carbocycles. The number of imide groups is 1. The van der Waals surface area contributed by atoms with Crippen molar-refractivity contribution in [3.8, 4) is 0 Å². The lowest BCUT2D eigenvalue weighted by atomic mass is 10.0. The summed E-state index contributed by atoms with van der Waals surface area (Å²) < 4.78 is 13.8. The van der Waals surface area contributed by atoms with Crippen LogP contribution in [-0.4, -0.2) is 11.8 Å². The van der Waals surface area contributed by atoms with Crippen molar-refractivity contribution in [3.63, 3.8) is 0 Å². The van der Waals surface area contributed by atoms with Crippen LogP contribution in [-0.2, 0) is 9.59 Å². The zero-order chi connectivity index (χ0) is 10.8. The van der Waals surface area contributed by atoms with Gasteiger partial charge in [0.05, 0.1) is 5.57 Å². The molecular formula is C11H8FNO2. The Kier molecular flexibility index (Phi) is 2.33. The van der Waals surface area contributed by atoms with Crippen molar-refractivity contribution < 1.29 is 14.0 Å². The highest BCUT2D eigenvalue weighted by molar-refractivity contribution is 6.16. The highest BCUT2D eigenvalue weighted by Crippen LogP contribution is 2.27. The maximum atomic E-state index is 13.8. The first-order valence-corrected chi connectivity index (χ1v) is 4.44. The van der Waals surface area contributed by atoms with Crippen LogP contribution >= 0.6 is 0 Å². The Labute approximate surface area is 85.6 Å². The first kappa shape index (κ1) is 9.58. The second-order valence-electron chi connectivity index (χ2n) is 3.19. The van der Waals surface area contributed by atoms with E-state index in [4.69, 9.17) is 0 Å². The van der Waals surface area contributed by atoms with E-state index in [1.165, 1.54) is 0 Å². The molecule has 0 bridgehead atoms. The van der Waals surface area contributed by atoms with Gasteiger partial charge in [-0.2, -0.15) is 0 Å². The molecule has 0 radical (unpaired) electrons. The number of carbonyl (C=O) groups is 2. The Bertz CT molecular complexity index is 439. The van der Waals surface area contributed by atoms with Gasteiger partial charge in [-0.05, 0) is 5.56 Å². The minimum absolute atomic E-state index is 0.133. The van der Waals surface area contributed by atoms with Crippen molar-refractivity contribution in [1.82, 2.24) is 5.32 Å². The van der Waals surface area contributed by atoms with Gasteiger partial charge in [-0.1, -0.05) is 30.3 Å². The van der Waals surface area contributed by atoms with Crippen molar-refractivity contribution >= 4 is 11.8 Å². The van der Waals surface area contributed by atoms with E-state index in [1.54, 1.807) is 30.3 Å². The third kappa shape index (κ3) is 1.79. The van der Waals surface area contributed by atoms with Crippen LogP contribution in [0.4, 0.5) is 4.39 Å². The zero-order valence-corrected chi connectivity index (χ0v) is 7.74. The lowest BCUT2D eigenvalue weighted by molar-refractivity contribution is -0.124. The predicted molar refractivity (Wildman–Crippen MR) is 51.5 cm³/mol. The largest absolute Gasteiger partial charge is 0.289 e. The van der Waals surface area contributed by atoms with Crippen molar-refractivity contribution in [2.75, 3.05) is 0 Å². The second kappa shape index (κ2) is 3.65. The monoisotopic (exact) mass is 205 g/mol. The quantitative estimate of drug-likeness (QED) is 0.739. The lowest BCUT2D eigenvalue weighted by Crippen LogP contribution is -2.23. The van der Waals surface area contributed by atoms with Crippen LogP contribution in [0.5, 0.6) is 0 Å². The number of nitrogens with one attached hydrogen (secondary N) is 1. The fourth-order valence-corrected chi connectivity index (χ4v) is 1.42. The Morgan fingerprint density at radius 2 is 1.80 bits per heavy atom. The zero-order valence-electron chi connectivity index (χ0n) is 7.74. The van der Waals surface area contributed by atoms with Crippen molar-refractivity contribution in [3.05, 3.63) is 47.5 Å². The molecule has 2 amide bonds. The Hall–Kier alpha value is -1.97. The van der Waals surface area contributed by atoms with Gasteiger partial charge in [-0.25, -0.2) is 4.39 Å². The van der Waals surface area contributed by atoms with Crippen LogP contribution in [0, 0.1) is 0 Å². The van der Waals surface area contributed by atoms with Crippen LogP contribution in [0.25, 0.3) is 0 Å². The molecule has 2 rings (SSSR count). The summed E-state index contributed by atoms with van der Waals surface area (Å²) in [7, 11) is 0. The van der Waals surface area contributed by atoms with E-state index in [1.807, 2.05) is 5.32 Å². The fourth-order valence-electron chi connectivity index (χ4n) is 1.42. The van der Waals surface area contributed by atoms with E-state index in [0.29, 0.717) is 5.56 Å². The highest BCUT2D eigenvalue weighted by atomic mass is 19.1. The number of hydrogen-bond donors (Lipinski definition) is 1. The molecular weight excluding hydrogens is 197 g/mol. The van der Waals surface area contributed by atoms with Crippen LogP contribution in [0.2, 0.25) is 0 Å². The predicted octanol–water partition coefficient (Wildman–Crippen LogP) is 1.28. The molecule has 0 fully saturated rings. The third-order valence-electron chi connectivity index (χ3n) is 2.15. The van der Waals surface area contributed by atoms with E-state index in [2.05, 4.69) is 0 Å². The van der Waals surface area contributed by atoms with E-state index >= 15 is 0 Å². The molecule has 1 heterocycles. The van der Waals surface area contributed by atoms with E-state index in [-0.39, 0.29) is 5.57 Å². The first-order valence-electron chi connectivity index (χ1n) is 4.44. The number of amides is 2. The maximum Gasteiger partial charge on any atom is 0.257 e. The van der Waals surface area contributed by atoms with Gasteiger partial charge >= 0.3 is 0 Å². The van der Waals surface area contributed by atoms with E-state index in [0.717, 1.165) is 6.08 Å². The summed E-state index contributed by atoms with van der Waals surface area (Å²) in [4.78, 5) is 22.0. The second-order valence-corrected chi connectivity index (χ2v) is 3.19. The maximum absolute atomic E-state index is 13.8. The third-order valence-corrected chi connectivity index (χ3v) is 2.15. The first-order chi connectivity index (χ1) is 7.18. The SMILES string of the molecule is O=C1C=C(C(F)c2ccccc2)C(=O)N1. The van der Waals surface area contributed by atoms with Gasteiger partial charge in [0.15, 0.2) is 6.17 Å². The molecule has 0 saturated heterocycles. The standard InChI is InChI=1S/C11H8FNO2/c12-10(7-4-2-1-3-5-7)8-6-9(14)13-11(8)15/h1-6,10H,(H,13,14,15). The summed E-state index contributed by atoms with van der Waals surface area (Å²) in [5.41, 5.74) is 0.236. The molecule has 1 unspecified atom stereocenters. The summed E-state index contributed by atoms with van der Waals surface area (Å²) in [5.74, 6) is -1.22. The minimum Gasteiger partial charge on any atom is -0.289 e. The normalized spacial score (nSPS) is 17.3. The summed E-state index contributed by atoms with van der Waals surface area (Å²) in [6.45, 7) is 0. The van der Waals surface area contributed by atoms with Gasteiger partial charge in [0.2, 0.25) is 0 Å². The summed E-state index contributed by atoms with van der Waals surface area (Å²) in [6.07, 6.45) is -0.544. The average Bonchev–Trinajstić information content (AvgIpc) is 2.58. The summed E-state index contributed by atoms with van der Waals surface area (Å²) in [5, 5.41) is 2.01. The van der Waals surface area contributed by atoms with Crippen LogP contribution in [0.15, 0.2) is 42.0 Å². The van der Waals surface area contributed by atoms with Gasteiger partial charge < -0.3 is 0 Å². The molecule has 1 aliphatic heterocycles. The Balaban J connectivity index is 2.30. The van der Waals surface area contributed by atoms with Gasteiger partial charge in [0, 0.05) is 6.08 Å². The van der Waals surface area contributed by atoms with Gasteiger partial charge in [0.1, 0.15) is 0 Å². The van der Waals surface area contributed by atoms with Crippen LogP contribution in [0.3, 0.4) is 0 Å². The van der Waals surface area contributed by atoms with Gasteiger partial charge in [0.25, 0.3) is 11.8 Å². The Morgan fingerprint density at radius 3 is 2.33 bits per heavy atom. The minimum atomic E-state index is -1.54. The van der Waals surface area contributed by atoms with Crippen molar-refractivity contribution in [1.29, 1.82) is 0 Å². The summed E-state index contributed by atoms with van der Waals surface area (Å²) >= 11 is 0. The Morgan fingerprint density at radius 1 is 1.13 bits per heavy atom. The molecule has 0 spiro atoms. The smallest absolute Gasteiger partial charge is 0.257 e. The van der Waals surface area contributed by atoms with Crippen LogP contribution in [0.1, 0.15) is 11.7 Å². The molecule has 3 nitrogen and oxygen atoms in total.